The second-order valence-electron chi connectivity index (χ2n) is 9.08. The van der Waals surface area contributed by atoms with Crippen LogP contribution >= 0.6 is 0 Å². The van der Waals surface area contributed by atoms with Crippen molar-refractivity contribution in [2.75, 3.05) is 12.4 Å². The Balaban J connectivity index is 1.81. The number of anilines is 1. The molecule has 1 amide bonds. The van der Waals surface area contributed by atoms with Crippen molar-refractivity contribution in [3.05, 3.63) is 95.0 Å². The molecule has 0 aliphatic carbocycles. The van der Waals surface area contributed by atoms with E-state index >= 15 is 0 Å². The van der Waals surface area contributed by atoms with E-state index in [4.69, 9.17) is 4.99 Å². The third-order valence-corrected chi connectivity index (χ3v) is 6.41. The number of carbonyl (C=O) groups is 1. The summed E-state index contributed by atoms with van der Waals surface area (Å²) in [6, 6.07) is 17.4. The van der Waals surface area contributed by atoms with Crippen LogP contribution in [0.15, 0.2) is 77.6 Å². The molecule has 0 aliphatic rings. The number of pyridine rings is 3. The lowest BCUT2D eigenvalue weighted by atomic mass is 10.1. The number of allylic oxidation sites excluding steroid dienone is 2. The molecule has 1 atom stereocenters. The molecule has 1 aromatic carbocycles. The van der Waals surface area contributed by atoms with Gasteiger partial charge in [-0.2, -0.15) is 0 Å². The van der Waals surface area contributed by atoms with Crippen LogP contribution in [0.3, 0.4) is 0 Å². The summed E-state index contributed by atoms with van der Waals surface area (Å²) in [6.07, 6.45) is 3.77. The number of aromatic nitrogens is 3. The van der Waals surface area contributed by atoms with E-state index in [1.807, 2.05) is 93.1 Å². The number of aryl methyl sites for hydroxylation is 1. The van der Waals surface area contributed by atoms with Crippen LogP contribution in [0.2, 0.25) is 0 Å². The van der Waals surface area contributed by atoms with Crippen LogP contribution in [-0.2, 0) is 11.8 Å². The van der Waals surface area contributed by atoms with Gasteiger partial charge in [0.2, 0.25) is 5.91 Å². The number of nitrogens with zero attached hydrogens (tertiary/aromatic N) is 4. The van der Waals surface area contributed by atoms with Crippen molar-refractivity contribution in [1.82, 2.24) is 19.9 Å². The van der Waals surface area contributed by atoms with Gasteiger partial charge in [0.1, 0.15) is 17.0 Å². The van der Waals surface area contributed by atoms with Crippen molar-refractivity contribution in [2.45, 2.75) is 33.7 Å². The zero-order chi connectivity index (χ0) is 27.2. The maximum atomic E-state index is 12.6. The number of carbonyl (C=O) groups excluding carboxylic acids is 1. The Morgan fingerprint density at radius 1 is 1.13 bits per heavy atom. The molecule has 0 aliphatic heterocycles. The largest absolute Gasteiger partial charge is 0.329 e. The highest BCUT2D eigenvalue weighted by Gasteiger charge is 2.13. The molecule has 2 N–H and O–H groups in total. The Hall–Kier alpha value is -4.54. The minimum absolute atomic E-state index is 0.175. The van der Waals surface area contributed by atoms with Crippen molar-refractivity contribution in [3.8, 4) is 23.1 Å². The molecule has 7 heteroatoms. The van der Waals surface area contributed by atoms with Crippen LogP contribution in [0.4, 0.5) is 5.82 Å². The Morgan fingerprint density at radius 2 is 1.95 bits per heavy atom. The van der Waals surface area contributed by atoms with E-state index in [-0.39, 0.29) is 11.9 Å². The number of benzene rings is 1. The SMILES string of the molecule is C/C=C(C)/N=c1/cccc(-c2cc(C#Cc3ccc4c(C)nccc4c3)nc(NC(=O)C(C)NC)c2)n1C. The lowest BCUT2D eigenvalue weighted by molar-refractivity contribution is -0.117. The number of fused-ring (bicyclic) bond motifs is 1. The van der Waals surface area contributed by atoms with Gasteiger partial charge in [-0.15, -0.1) is 0 Å². The molecule has 0 radical (unpaired) electrons. The van der Waals surface area contributed by atoms with Crippen LogP contribution < -0.4 is 16.1 Å². The van der Waals surface area contributed by atoms with E-state index < -0.39 is 0 Å². The molecule has 3 aromatic heterocycles. The summed E-state index contributed by atoms with van der Waals surface area (Å²) >= 11 is 0. The van der Waals surface area contributed by atoms with Gasteiger partial charge in [0.15, 0.2) is 0 Å². The molecule has 0 saturated carbocycles. The first-order valence-corrected chi connectivity index (χ1v) is 12.5. The molecule has 0 spiro atoms. The van der Waals surface area contributed by atoms with Gasteiger partial charge in [-0.25, -0.2) is 9.98 Å². The molecule has 4 aromatic rings. The Morgan fingerprint density at radius 3 is 2.71 bits per heavy atom. The predicted molar refractivity (Wildman–Crippen MR) is 153 cm³/mol. The van der Waals surface area contributed by atoms with Crippen molar-refractivity contribution in [2.24, 2.45) is 12.0 Å². The number of amides is 1. The highest BCUT2D eigenvalue weighted by atomic mass is 16.2. The zero-order valence-corrected chi connectivity index (χ0v) is 22.6. The van der Waals surface area contributed by atoms with Crippen LogP contribution in [0, 0.1) is 18.8 Å². The van der Waals surface area contributed by atoms with Gasteiger partial charge in [0.25, 0.3) is 0 Å². The first-order valence-electron chi connectivity index (χ1n) is 12.5. The first kappa shape index (κ1) is 26.5. The van der Waals surface area contributed by atoms with E-state index in [9.17, 15) is 4.79 Å². The summed E-state index contributed by atoms with van der Waals surface area (Å²) in [5.41, 5.74) is 5.94. The van der Waals surface area contributed by atoms with Crippen LogP contribution in [0.25, 0.3) is 22.0 Å². The number of likely N-dealkylation sites (N-methyl/N-ethyl adjacent to an activating group) is 1. The van der Waals surface area contributed by atoms with Crippen LogP contribution in [0.1, 0.15) is 37.7 Å². The topological polar surface area (TPSA) is 84.2 Å². The fourth-order valence-corrected chi connectivity index (χ4v) is 3.93. The van der Waals surface area contributed by atoms with Gasteiger partial charge >= 0.3 is 0 Å². The van der Waals surface area contributed by atoms with Gasteiger partial charge in [0, 0.05) is 46.8 Å². The zero-order valence-electron chi connectivity index (χ0n) is 22.6. The van der Waals surface area contributed by atoms with Gasteiger partial charge in [-0.05, 0) is 88.5 Å². The van der Waals surface area contributed by atoms with Gasteiger partial charge in [-0.1, -0.05) is 24.1 Å². The fourth-order valence-electron chi connectivity index (χ4n) is 3.93. The summed E-state index contributed by atoms with van der Waals surface area (Å²) < 4.78 is 2.01. The summed E-state index contributed by atoms with van der Waals surface area (Å²) in [7, 11) is 3.71. The van der Waals surface area contributed by atoms with Crippen molar-refractivity contribution >= 4 is 22.5 Å². The number of hydrogen-bond acceptors (Lipinski definition) is 5. The van der Waals surface area contributed by atoms with Crippen LogP contribution in [0.5, 0.6) is 0 Å². The summed E-state index contributed by atoms with van der Waals surface area (Å²) in [4.78, 5) is 26.3. The molecule has 192 valence electrons. The number of nitrogens with one attached hydrogen (secondary N) is 2. The van der Waals surface area contributed by atoms with Gasteiger partial charge in [-0.3, -0.25) is 9.78 Å². The first-order chi connectivity index (χ1) is 18.3. The molecule has 0 saturated heterocycles. The number of hydrogen-bond donors (Lipinski definition) is 2. The number of rotatable bonds is 5. The van der Waals surface area contributed by atoms with E-state index in [0.29, 0.717) is 11.5 Å². The average molecular weight is 505 g/mol. The molecule has 0 fully saturated rings. The Kier molecular flexibility index (Phi) is 8.15. The standard InChI is InChI=1S/C31H32N6O/c1-7-20(2)34-30-10-8-9-28(37(30)6)25-18-26(35-29(19-25)36-31(38)22(4)32-5)13-11-23-12-14-27-21(3)33-16-15-24(27)17-23/h7-10,12,14-19,22,32H,1-6H3,(H,35,36,38)/b20-7+,34-30-. The van der Waals surface area contributed by atoms with E-state index in [1.165, 1.54) is 0 Å². The Bertz CT molecular complexity index is 1670. The monoisotopic (exact) mass is 504 g/mol. The molecule has 7 nitrogen and oxygen atoms in total. The van der Waals surface area contributed by atoms with E-state index in [0.717, 1.165) is 44.5 Å². The maximum absolute atomic E-state index is 12.6. The summed E-state index contributed by atoms with van der Waals surface area (Å²) in [5, 5.41) is 8.07. The third-order valence-electron chi connectivity index (χ3n) is 6.41. The quantitative estimate of drug-likeness (QED) is 0.386. The van der Waals surface area contributed by atoms with E-state index in [1.54, 1.807) is 20.2 Å². The van der Waals surface area contributed by atoms with Crippen molar-refractivity contribution < 1.29 is 4.79 Å². The normalized spacial score (nSPS) is 12.7. The smallest absolute Gasteiger partial charge is 0.242 e. The molecular weight excluding hydrogens is 472 g/mol. The highest BCUT2D eigenvalue weighted by Crippen LogP contribution is 2.22. The maximum Gasteiger partial charge on any atom is 0.242 e. The fraction of sp³-hybridized carbons (Fsp3) is 0.226. The second-order valence-corrected chi connectivity index (χ2v) is 9.08. The predicted octanol–water partition coefficient (Wildman–Crippen LogP) is 4.71. The molecule has 0 bridgehead atoms. The van der Waals surface area contributed by atoms with Crippen LogP contribution in [-0.4, -0.2) is 33.5 Å². The molecule has 38 heavy (non-hydrogen) atoms. The summed E-state index contributed by atoms with van der Waals surface area (Å²) in [6.45, 7) is 7.72. The lowest BCUT2D eigenvalue weighted by Crippen LogP contribution is -2.35. The van der Waals surface area contributed by atoms with Gasteiger partial charge in [0.05, 0.1) is 6.04 Å². The Labute approximate surface area is 223 Å². The van der Waals surface area contributed by atoms with E-state index in [2.05, 4.69) is 32.4 Å². The molecule has 4 rings (SSSR count). The second kappa shape index (κ2) is 11.7. The highest BCUT2D eigenvalue weighted by molar-refractivity contribution is 5.94. The van der Waals surface area contributed by atoms with Crippen molar-refractivity contribution in [3.63, 3.8) is 0 Å². The summed E-state index contributed by atoms with van der Waals surface area (Å²) in [5.74, 6) is 6.69. The third kappa shape index (κ3) is 6.05. The molecule has 3 heterocycles. The average Bonchev–Trinajstić information content (AvgIpc) is 2.92. The molecular formula is C31H32N6O. The van der Waals surface area contributed by atoms with Crippen molar-refractivity contribution in [1.29, 1.82) is 0 Å². The minimum atomic E-state index is -0.368. The lowest BCUT2D eigenvalue weighted by Gasteiger charge is -2.14. The molecule has 1 unspecified atom stereocenters. The van der Waals surface area contributed by atoms with Gasteiger partial charge < -0.3 is 15.2 Å². The minimum Gasteiger partial charge on any atom is -0.329 e.